The molecule has 4 saturated carbocycles. The summed E-state index contributed by atoms with van der Waals surface area (Å²) >= 11 is 1.22. The maximum Gasteiger partial charge on any atom is 0.303 e. The molecule has 2 N–H and O–H groups in total. The molecule has 4 rings (SSSR count). The highest BCUT2D eigenvalue weighted by molar-refractivity contribution is 8.12. The Morgan fingerprint density at radius 2 is 1.89 bits per heavy atom. The van der Waals surface area contributed by atoms with Crippen LogP contribution in [0.2, 0.25) is 0 Å². The van der Waals surface area contributed by atoms with E-state index in [0.29, 0.717) is 11.8 Å². The average molecular weight is 283 g/mol. The third-order valence-electron chi connectivity index (χ3n) is 5.26. The molecule has 0 heterocycles. The number of hydrogen-bond acceptors (Lipinski definition) is 3. The zero-order valence-electron chi connectivity index (χ0n) is 11.3. The largest absolute Gasteiger partial charge is 0.481 e. The molecule has 4 bridgehead atoms. The summed E-state index contributed by atoms with van der Waals surface area (Å²) in [5.74, 6) is 0.541. The lowest BCUT2D eigenvalue weighted by Gasteiger charge is -2.62. The van der Waals surface area contributed by atoms with Crippen molar-refractivity contribution in [3.05, 3.63) is 0 Å². The van der Waals surface area contributed by atoms with Crippen LogP contribution >= 0.6 is 11.8 Å². The molecule has 4 atom stereocenters. The van der Waals surface area contributed by atoms with Gasteiger partial charge in [-0.2, -0.15) is 0 Å². The van der Waals surface area contributed by atoms with Crippen LogP contribution in [0.3, 0.4) is 0 Å². The van der Waals surface area contributed by atoms with E-state index in [1.807, 2.05) is 0 Å². The van der Waals surface area contributed by atoms with Gasteiger partial charge in [-0.25, -0.2) is 0 Å². The molecule has 19 heavy (non-hydrogen) atoms. The lowest BCUT2D eigenvalue weighted by molar-refractivity contribution is -0.147. The summed E-state index contributed by atoms with van der Waals surface area (Å²) < 4.78 is 0. The van der Waals surface area contributed by atoms with Crippen LogP contribution in [0.5, 0.6) is 0 Å². The number of thioether (sulfide) groups is 1. The fourth-order valence-electron chi connectivity index (χ4n) is 5.39. The molecular formula is C14H21NO3S. The van der Waals surface area contributed by atoms with Gasteiger partial charge in [-0.05, 0) is 62.0 Å². The fraction of sp³-hybridized carbons (Fsp3) is 0.857. The highest BCUT2D eigenvalue weighted by atomic mass is 32.2. The van der Waals surface area contributed by atoms with E-state index in [1.54, 1.807) is 6.26 Å². The molecule has 1 amide bonds. The number of rotatable bonds is 3. The summed E-state index contributed by atoms with van der Waals surface area (Å²) in [6.45, 7) is 0. The average Bonchev–Trinajstić information content (AvgIpc) is 2.24. The number of nitrogens with one attached hydrogen (secondary N) is 1. The molecule has 0 aromatic rings. The van der Waals surface area contributed by atoms with Crippen molar-refractivity contribution >= 4 is 23.0 Å². The summed E-state index contributed by atoms with van der Waals surface area (Å²) in [6, 6.07) is 0. The molecule has 0 saturated heterocycles. The molecular weight excluding hydrogens is 262 g/mol. The summed E-state index contributed by atoms with van der Waals surface area (Å²) in [6.07, 6.45) is 8.37. The van der Waals surface area contributed by atoms with E-state index >= 15 is 0 Å². The molecule has 2 unspecified atom stereocenters. The second-order valence-electron chi connectivity index (χ2n) is 6.93. The third kappa shape index (κ3) is 2.37. The molecule has 0 aromatic heterocycles. The van der Waals surface area contributed by atoms with Crippen molar-refractivity contribution in [1.82, 2.24) is 5.32 Å². The minimum absolute atomic E-state index is 0.0347. The van der Waals surface area contributed by atoms with Crippen LogP contribution in [-0.2, 0) is 4.79 Å². The Labute approximate surface area is 117 Å². The Morgan fingerprint density at radius 3 is 2.42 bits per heavy atom. The number of carbonyl (C=O) groups is 2. The molecule has 0 aliphatic heterocycles. The van der Waals surface area contributed by atoms with E-state index in [2.05, 4.69) is 5.32 Å². The van der Waals surface area contributed by atoms with Crippen LogP contribution in [0.25, 0.3) is 0 Å². The number of amides is 1. The first-order chi connectivity index (χ1) is 8.94. The highest BCUT2D eigenvalue weighted by Gasteiger charge is 2.58. The number of hydrogen-bond donors (Lipinski definition) is 2. The Hall–Kier alpha value is -0.710. The predicted molar refractivity (Wildman–Crippen MR) is 74.1 cm³/mol. The lowest BCUT2D eigenvalue weighted by Crippen LogP contribution is -2.62. The predicted octanol–water partition coefficient (Wildman–Crippen LogP) is 2.87. The monoisotopic (exact) mass is 283 g/mol. The molecule has 0 radical (unpaired) electrons. The summed E-state index contributed by atoms with van der Waals surface area (Å²) in [5, 5.41) is 12.4. The second-order valence-corrected chi connectivity index (χ2v) is 7.71. The van der Waals surface area contributed by atoms with E-state index in [9.17, 15) is 14.7 Å². The summed E-state index contributed by atoms with van der Waals surface area (Å²) in [5.41, 5.74) is -0.165. The van der Waals surface area contributed by atoms with Gasteiger partial charge in [0.15, 0.2) is 0 Å². The first-order valence-corrected chi connectivity index (χ1v) is 8.25. The number of carboxylic acids is 1. The third-order valence-corrected chi connectivity index (χ3v) is 5.73. The summed E-state index contributed by atoms with van der Waals surface area (Å²) in [4.78, 5) is 22.9. The quantitative estimate of drug-likeness (QED) is 0.836. The van der Waals surface area contributed by atoms with Gasteiger partial charge < -0.3 is 10.4 Å². The van der Waals surface area contributed by atoms with Crippen molar-refractivity contribution in [2.24, 2.45) is 17.3 Å². The van der Waals surface area contributed by atoms with E-state index in [1.165, 1.54) is 18.2 Å². The first-order valence-electron chi connectivity index (χ1n) is 7.02. The van der Waals surface area contributed by atoms with Crippen LogP contribution < -0.4 is 5.32 Å². The minimum atomic E-state index is -0.687. The van der Waals surface area contributed by atoms with Crippen molar-refractivity contribution in [2.45, 2.75) is 50.5 Å². The Morgan fingerprint density at radius 1 is 1.26 bits per heavy atom. The second kappa shape index (κ2) is 4.40. The molecule has 0 aromatic carbocycles. The van der Waals surface area contributed by atoms with Crippen LogP contribution in [-0.4, -0.2) is 28.1 Å². The molecule has 106 valence electrons. The van der Waals surface area contributed by atoms with Gasteiger partial charge in [0.2, 0.25) is 0 Å². The maximum atomic E-state index is 11.8. The lowest BCUT2D eigenvalue weighted by atomic mass is 9.46. The highest BCUT2D eigenvalue weighted by Crippen LogP contribution is 2.62. The van der Waals surface area contributed by atoms with Crippen molar-refractivity contribution in [3.8, 4) is 0 Å². The van der Waals surface area contributed by atoms with Gasteiger partial charge in [0.1, 0.15) is 0 Å². The van der Waals surface area contributed by atoms with Gasteiger partial charge >= 0.3 is 5.97 Å². The molecule has 4 aliphatic carbocycles. The summed E-state index contributed by atoms with van der Waals surface area (Å²) in [7, 11) is 0. The Bertz CT molecular complexity index is 409. The molecule has 4 fully saturated rings. The number of carbonyl (C=O) groups excluding carboxylic acids is 1. The van der Waals surface area contributed by atoms with Gasteiger partial charge in [-0.3, -0.25) is 9.59 Å². The first kappa shape index (κ1) is 13.3. The topological polar surface area (TPSA) is 66.4 Å². The van der Waals surface area contributed by atoms with Crippen molar-refractivity contribution in [2.75, 3.05) is 6.26 Å². The van der Waals surface area contributed by atoms with Gasteiger partial charge in [-0.1, -0.05) is 11.8 Å². The SMILES string of the molecule is CSC(=O)NC12C[C@@H]3C[C@@H](CC(CC(=O)O)(C3)C1)C2. The van der Waals surface area contributed by atoms with Crippen molar-refractivity contribution in [3.63, 3.8) is 0 Å². The van der Waals surface area contributed by atoms with E-state index in [-0.39, 0.29) is 22.6 Å². The van der Waals surface area contributed by atoms with Gasteiger partial charge in [-0.15, -0.1) is 0 Å². The van der Waals surface area contributed by atoms with Gasteiger partial charge in [0.25, 0.3) is 5.24 Å². The standard InChI is InChI=1S/C14H21NO3S/c1-19-12(18)15-14-5-9-2-10(6-14)4-13(3-9,8-14)7-11(16)17/h9-10H,2-8H2,1H3,(H,15,18)(H,16,17)/t9-,10+,13?,14?. The van der Waals surface area contributed by atoms with Crippen LogP contribution in [0.1, 0.15) is 44.9 Å². The zero-order chi connectivity index (χ0) is 13.7. The van der Waals surface area contributed by atoms with Gasteiger partial charge in [0, 0.05) is 5.54 Å². The Balaban J connectivity index is 1.84. The molecule has 4 nitrogen and oxygen atoms in total. The van der Waals surface area contributed by atoms with Crippen LogP contribution in [0.4, 0.5) is 4.79 Å². The minimum Gasteiger partial charge on any atom is -0.481 e. The number of carboxylic acid groups (broad SMARTS) is 1. The number of aliphatic carboxylic acids is 1. The molecule has 4 aliphatic rings. The van der Waals surface area contributed by atoms with Crippen molar-refractivity contribution < 1.29 is 14.7 Å². The van der Waals surface area contributed by atoms with Crippen LogP contribution in [0, 0.1) is 17.3 Å². The Kier molecular flexibility index (Phi) is 3.08. The zero-order valence-corrected chi connectivity index (χ0v) is 12.1. The fourth-order valence-corrected chi connectivity index (χ4v) is 5.71. The van der Waals surface area contributed by atoms with E-state index in [0.717, 1.165) is 32.1 Å². The molecule has 0 spiro atoms. The van der Waals surface area contributed by atoms with Gasteiger partial charge in [0.05, 0.1) is 6.42 Å². The van der Waals surface area contributed by atoms with E-state index < -0.39 is 5.97 Å². The van der Waals surface area contributed by atoms with Crippen LogP contribution in [0.15, 0.2) is 0 Å². The maximum absolute atomic E-state index is 11.8. The smallest absolute Gasteiger partial charge is 0.303 e. The van der Waals surface area contributed by atoms with Crippen molar-refractivity contribution in [1.29, 1.82) is 0 Å². The molecule has 5 heteroatoms. The van der Waals surface area contributed by atoms with E-state index in [4.69, 9.17) is 0 Å². The normalized spacial score (nSPS) is 43.2.